The van der Waals surface area contributed by atoms with Gasteiger partial charge in [-0.2, -0.15) is 10.2 Å². The van der Waals surface area contributed by atoms with Crippen molar-refractivity contribution in [1.29, 1.82) is 0 Å². The smallest absolute Gasteiger partial charge is 0.262 e. The molecule has 140 valence electrons. The highest BCUT2D eigenvalue weighted by atomic mass is 19.3. The molecule has 0 atom stereocenters. The van der Waals surface area contributed by atoms with E-state index in [1.807, 2.05) is 30.3 Å². The lowest BCUT2D eigenvalue weighted by Gasteiger charge is -2.01. The molecule has 0 aliphatic carbocycles. The van der Waals surface area contributed by atoms with E-state index in [4.69, 9.17) is 0 Å². The fourth-order valence-electron chi connectivity index (χ4n) is 3.13. The summed E-state index contributed by atoms with van der Waals surface area (Å²) < 4.78 is 30.5. The van der Waals surface area contributed by atoms with Crippen LogP contribution in [0.2, 0.25) is 0 Å². The Kier molecular flexibility index (Phi) is 3.64. The Morgan fingerprint density at radius 3 is 2.64 bits per heavy atom. The van der Waals surface area contributed by atoms with Crippen molar-refractivity contribution in [3.05, 3.63) is 66.1 Å². The van der Waals surface area contributed by atoms with Crippen LogP contribution in [0.3, 0.4) is 0 Å². The van der Waals surface area contributed by atoms with Crippen molar-refractivity contribution < 1.29 is 8.78 Å². The minimum Gasteiger partial charge on any atom is -0.262 e. The van der Waals surface area contributed by atoms with Gasteiger partial charge < -0.3 is 0 Å². The predicted molar refractivity (Wildman–Crippen MR) is 96.4 cm³/mol. The summed E-state index contributed by atoms with van der Waals surface area (Å²) in [6.45, 7) is 1.91. The first-order chi connectivity index (χ1) is 13.6. The van der Waals surface area contributed by atoms with E-state index in [0.717, 1.165) is 11.1 Å². The molecule has 4 heterocycles. The van der Waals surface area contributed by atoms with E-state index in [1.54, 1.807) is 28.6 Å². The van der Waals surface area contributed by atoms with Gasteiger partial charge in [-0.15, -0.1) is 5.10 Å². The number of benzene rings is 1. The highest BCUT2D eigenvalue weighted by Crippen LogP contribution is 2.21. The second-order valence-electron chi connectivity index (χ2n) is 6.34. The molecule has 0 radical (unpaired) electrons. The lowest BCUT2D eigenvalue weighted by atomic mass is 10.3. The maximum Gasteiger partial charge on any atom is 0.282 e. The molecular weight excluding hydrogens is 366 g/mol. The van der Waals surface area contributed by atoms with Crippen molar-refractivity contribution >= 4 is 16.7 Å². The van der Waals surface area contributed by atoms with E-state index in [2.05, 4.69) is 25.3 Å². The van der Waals surface area contributed by atoms with Gasteiger partial charge in [0.05, 0.1) is 17.3 Å². The van der Waals surface area contributed by atoms with Crippen LogP contribution in [-0.4, -0.2) is 39.1 Å². The highest BCUT2D eigenvalue weighted by molar-refractivity contribution is 5.89. The monoisotopic (exact) mass is 380 g/mol. The van der Waals surface area contributed by atoms with E-state index in [9.17, 15) is 8.78 Å². The van der Waals surface area contributed by atoms with Gasteiger partial charge in [-0.25, -0.2) is 27.9 Å². The van der Waals surface area contributed by atoms with Gasteiger partial charge in [0.15, 0.2) is 17.1 Å². The molecule has 5 aromatic rings. The van der Waals surface area contributed by atoms with Gasteiger partial charge in [-0.3, -0.25) is 4.68 Å². The highest BCUT2D eigenvalue weighted by Gasteiger charge is 2.17. The summed E-state index contributed by atoms with van der Waals surface area (Å²) in [6, 6.07) is 11.0. The van der Waals surface area contributed by atoms with Crippen molar-refractivity contribution in [1.82, 2.24) is 39.1 Å². The Bertz CT molecular complexity index is 1290. The number of aryl methyl sites for hydroxylation is 1. The third kappa shape index (κ3) is 2.61. The Labute approximate surface area is 157 Å². The molecule has 0 bridgehead atoms. The molecule has 0 saturated carbocycles. The number of hydrogen-bond acceptors (Lipinski definition) is 5. The molecule has 0 fully saturated rings. The van der Waals surface area contributed by atoms with Crippen LogP contribution in [0.25, 0.3) is 22.4 Å². The molecule has 10 heteroatoms. The molecule has 0 amide bonds. The van der Waals surface area contributed by atoms with Crippen LogP contribution in [0.4, 0.5) is 8.78 Å². The Morgan fingerprint density at radius 2 is 1.89 bits per heavy atom. The normalized spacial score (nSPS) is 11.9. The van der Waals surface area contributed by atoms with E-state index in [1.165, 1.54) is 10.7 Å². The number of rotatable bonds is 4. The molecular formula is C18H14F2N8. The maximum absolute atomic E-state index is 12.9. The van der Waals surface area contributed by atoms with Gasteiger partial charge in [0.25, 0.3) is 6.43 Å². The number of halogens is 2. The average Bonchev–Trinajstić information content (AvgIpc) is 3.39. The van der Waals surface area contributed by atoms with Crippen LogP contribution in [0.1, 0.15) is 23.6 Å². The molecule has 1 aromatic carbocycles. The van der Waals surface area contributed by atoms with Crippen molar-refractivity contribution in [3.63, 3.8) is 0 Å². The number of nitrogens with zero attached hydrogens (tertiary/aromatic N) is 8. The van der Waals surface area contributed by atoms with E-state index < -0.39 is 6.43 Å². The summed E-state index contributed by atoms with van der Waals surface area (Å²) >= 11 is 0. The van der Waals surface area contributed by atoms with E-state index >= 15 is 0 Å². The predicted octanol–water partition coefficient (Wildman–Crippen LogP) is 2.95. The fraction of sp³-hybridized carbons (Fsp3) is 0.167. The molecule has 0 spiro atoms. The van der Waals surface area contributed by atoms with Crippen molar-refractivity contribution in [2.45, 2.75) is 19.9 Å². The van der Waals surface area contributed by atoms with Gasteiger partial charge >= 0.3 is 0 Å². The van der Waals surface area contributed by atoms with E-state index in [-0.39, 0.29) is 12.2 Å². The second-order valence-corrected chi connectivity index (χ2v) is 6.34. The summed E-state index contributed by atoms with van der Waals surface area (Å²) in [5, 5.41) is 13.5. The topological polar surface area (TPSA) is 78.7 Å². The Balaban J connectivity index is 1.56. The first-order valence-corrected chi connectivity index (χ1v) is 8.56. The maximum atomic E-state index is 12.9. The first kappa shape index (κ1) is 16.5. The average molecular weight is 380 g/mol. The molecule has 0 N–H and O–H groups in total. The summed E-state index contributed by atoms with van der Waals surface area (Å²) in [7, 11) is 0. The molecule has 0 aliphatic rings. The molecule has 28 heavy (non-hydrogen) atoms. The number of hydrogen-bond donors (Lipinski definition) is 0. The Morgan fingerprint density at radius 1 is 1.07 bits per heavy atom. The van der Waals surface area contributed by atoms with Gasteiger partial charge in [0.2, 0.25) is 0 Å². The number of alkyl halides is 2. The van der Waals surface area contributed by atoms with Crippen LogP contribution < -0.4 is 0 Å². The molecule has 0 aliphatic heterocycles. The lowest BCUT2D eigenvalue weighted by molar-refractivity contribution is 0.145. The van der Waals surface area contributed by atoms with Crippen molar-refractivity contribution in [2.75, 3.05) is 0 Å². The zero-order valence-corrected chi connectivity index (χ0v) is 14.7. The standard InChI is InChI=1S/C18H14F2N8/c1-11-7-14(16(19)20)24-26(11)9-15-23-18-13-8-22-28(12-5-3-2-4-6-12)17(13)21-10-27(18)25-15/h2-8,10,16H,9H2,1H3. The third-order valence-corrected chi connectivity index (χ3v) is 4.46. The van der Waals surface area contributed by atoms with Gasteiger partial charge in [-0.1, -0.05) is 18.2 Å². The van der Waals surface area contributed by atoms with Gasteiger partial charge in [0.1, 0.15) is 18.6 Å². The molecule has 8 nitrogen and oxygen atoms in total. The Hall–Kier alpha value is -3.69. The van der Waals surface area contributed by atoms with Crippen LogP contribution >= 0.6 is 0 Å². The number of fused-ring (bicyclic) bond motifs is 3. The second kappa shape index (κ2) is 6.19. The van der Waals surface area contributed by atoms with Crippen molar-refractivity contribution in [3.8, 4) is 5.69 Å². The minimum absolute atomic E-state index is 0.189. The molecule has 5 rings (SSSR count). The van der Waals surface area contributed by atoms with Gasteiger partial charge in [0, 0.05) is 5.69 Å². The van der Waals surface area contributed by atoms with Crippen molar-refractivity contribution in [2.24, 2.45) is 0 Å². The number of aromatic nitrogens is 8. The molecule has 0 saturated heterocycles. The SMILES string of the molecule is Cc1cc(C(F)F)nn1Cc1nc2c3cnn(-c4ccccc4)c3ncn2n1. The zero-order chi connectivity index (χ0) is 19.3. The summed E-state index contributed by atoms with van der Waals surface area (Å²) in [4.78, 5) is 9.00. The molecule has 4 aromatic heterocycles. The summed E-state index contributed by atoms with van der Waals surface area (Å²) in [6.07, 6.45) is 0.647. The summed E-state index contributed by atoms with van der Waals surface area (Å²) in [5.41, 5.74) is 2.51. The van der Waals surface area contributed by atoms with Gasteiger partial charge in [-0.05, 0) is 25.1 Å². The third-order valence-electron chi connectivity index (χ3n) is 4.46. The quantitative estimate of drug-likeness (QED) is 0.479. The first-order valence-electron chi connectivity index (χ1n) is 8.56. The van der Waals surface area contributed by atoms with Crippen LogP contribution in [-0.2, 0) is 6.54 Å². The molecule has 0 unspecified atom stereocenters. The lowest BCUT2D eigenvalue weighted by Crippen LogP contribution is -2.06. The van der Waals surface area contributed by atoms with Crippen LogP contribution in [0, 0.1) is 6.92 Å². The van der Waals surface area contributed by atoms with E-state index in [0.29, 0.717) is 22.8 Å². The zero-order valence-electron chi connectivity index (χ0n) is 14.7. The minimum atomic E-state index is -2.61. The number of para-hydroxylation sites is 1. The largest absolute Gasteiger partial charge is 0.282 e. The van der Waals surface area contributed by atoms with Crippen LogP contribution in [0.15, 0.2) is 48.9 Å². The fourth-order valence-corrected chi connectivity index (χ4v) is 3.13. The summed E-state index contributed by atoms with van der Waals surface area (Å²) in [5.74, 6) is 0.453. The van der Waals surface area contributed by atoms with Crippen LogP contribution in [0.5, 0.6) is 0 Å².